The van der Waals surface area contributed by atoms with Gasteiger partial charge in [0, 0.05) is 17.2 Å². The fourth-order valence-electron chi connectivity index (χ4n) is 3.65. The summed E-state index contributed by atoms with van der Waals surface area (Å²) in [5.74, 6) is 1.48. The van der Waals surface area contributed by atoms with E-state index in [2.05, 4.69) is 38.1 Å². The molecular formula is C18H24N. The van der Waals surface area contributed by atoms with Crippen molar-refractivity contribution in [1.29, 1.82) is 0 Å². The molecule has 0 aromatic heterocycles. The summed E-state index contributed by atoms with van der Waals surface area (Å²) in [6.07, 6.45) is 7.91. The predicted molar refractivity (Wildman–Crippen MR) is 81.2 cm³/mol. The second-order valence-electron chi connectivity index (χ2n) is 6.11. The number of para-hydroxylation sites is 1. The first-order valence-electron chi connectivity index (χ1n) is 7.85. The number of rotatable bonds is 4. The number of fused-ring (bicyclic) bond motifs is 2. The third kappa shape index (κ3) is 2.31. The van der Waals surface area contributed by atoms with E-state index < -0.39 is 0 Å². The van der Waals surface area contributed by atoms with Gasteiger partial charge >= 0.3 is 0 Å². The van der Waals surface area contributed by atoms with Crippen molar-refractivity contribution in [2.45, 2.75) is 52.4 Å². The topological polar surface area (TPSA) is 14.1 Å². The van der Waals surface area contributed by atoms with Gasteiger partial charge in [0.05, 0.1) is 5.69 Å². The molecule has 0 spiro atoms. The molecule has 2 unspecified atom stereocenters. The Balaban J connectivity index is 1.84. The maximum atomic E-state index is 4.96. The first kappa shape index (κ1) is 12.8. The number of allylic oxidation sites excluding steroid dienone is 2. The molecule has 0 amide bonds. The van der Waals surface area contributed by atoms with Crippen molar-refractivity contribution in [3.8, 4) is 0 Å². The van der Waals surface area contributed by atoms with Crippen LogP contribution in [-0.4, -0.2) is 0 Å². The molecule has 1 aromatic rings. The zero-order chi connectivity index (χ0) is 13.2. The summed E-state index contributed by atoms with van der Waals surface area (Å²) >= 11 is 0. The normalized spacial score (nSPS) is 22.7. The number of hydrogen-bond donors (Lipinski definition) is 0. The third-order valence-electron chi connectivity index (χ3n) is 4.77. The quantitative estimate of drug-likeness (QED) is 0.694. The minimum atomic E-state index is 0.697. The lowest BCUT2D eigenvalue weighted by atomic mass is 9.77. The highest BCUT2D eigenvalue weighted by atomic mass is 14.9. The maximum absolute atomic E-state index is 4.96. The van der Waals surface area contributed by atoms with Gasteiger partial charge in [-0.3, -0.25) is 5.32 Å². The Morgan fingerprint density at radius 3 is 3.00 bits per heavy atom. The standard InChI is InChI=1S/C18H24N/c1-3-4-8-13(2)14-10-7-11-16-15-9-5-6-12-17(15)19-18(14)16/h5-6,9,12-14H,3-4,7-8,10-11H2,1-2H3. The van der Waals surface area contributed by atoms with E-state index in [0.29, 0.717) is 5.92 Å². The molecule has 1 heteroatoms. The molecule has 0 bridgehead atoms. The minimum Gasteiger partial charge on any atom is -0.252 e. The van der Waals surface area contributed by atoms with Gasteiger partial charge in [-0.05, 0) is 36.8 Å². The van der Waals surface area contributed by atoms with Crippen LogP contribution in [0.3, 0.4) is 0 Å². The first-order chi connectivity index (χ1) is 9.31. The Hall–Kier alpha value is -1.24. The highest BCUT2D eigenvalue weighted by molar-refractivity contribution is 5.82. The Bertz CT molecular complexity index is 486. The molecule has 101 valence electrons. The number of nitrogens with zero attached hydrogens (tertiary/aromatic N) is 1. The summed E-state index contributed by atoms with van der Waals surface area (Å²) in [5.41, 5.74) is 5.60. The molecule has 2 atom stereocenters. The highest BCUT2D eigenvalue weighted by Crippen LogP contribution is 2.47. The highest BCUT2D eigenvalue weighted by Gasteiger charge is 2.33. The van der Waals surface area contributed by atoms with E-state index in [0.717, 1.165) is 5.92 Å². The lowest BCUT2D eigenvalue weighted by molar-refractivity contribution is 0.333. The fourth-order valence-corrected chi connectivity index (χ4v) is 3.65. The smallest absolute Gasteiger partial charge is 0.0708 e. The molecule has 19 heavy (non-hydrogen) atoms. The van der Waals surface area contributed by atoms with Gasteiger partial charge in [0.2, 0.25) is 0 Å². The summed E-state index contributed by atoms with van der Waals surface area (Å²) in [7, 11) is 0. The Morgan fingerprint density at radius 1 is 1.32 bits per heavy atom. The van der Waals surface area contributed by atoms with Gasteiger partial charge in [-0.15, -0.1) is 0 Å². The van der Waals surface area contributed by atoms with Gasteiger partial charge in [0.1, 0.15) is 0 Å². The van der Waals surface area contributed by atoms with Crippen LogP contribution in [0.5, 0.6) is 0 Å². The zero-order valence-corrected chi connectivity index (χ0v) is 12.2. The lowest BCUT2D eigenvalue weighted by Gasteiger charge is -2.29. The van der Waals surface area contributed by atoms with E-state index >= 15 is 0 Å². The molecule has 1 aliphatic carbocycles. The Kier molecular flexibility index (Phi) is 3.63. The SMILES string of the molecule is CCCCC(C)C1CCCC2=C1[N]c1ccccc12. The fraction of sp³-hybridized carbons (Fsp3) is 0.556. The van der Waals surface area contributed by atoms with Crippen LogP contribution < -0.4 is 5.32 Å². The Morgan fingerprint density at radius 2 is 2.16 bits per heavy atom. The molecule has 1 aromatic carbocycles. The summed E-state index contributed by atoms with van der Waals surface area (Å²) in [5, 5.41) is 4.96. The van der Waals surface area contributed by atoms with Crippen LogP contribution in [0, 0.1) is 11.8 Å². The van der Waals surface area contributed by atoms with Gasteiger partial charge in [-0.25, -0.2) is 0 Å². The van der Waals surface area contributed by atoms with E-state index in [1.165, 1.54) is 55.5 Å². The molecular weight excluding hydrogens is 230 g/mol. The molecule has 1 radical (unpaired) electrons. The third-order valence-corrected chi connectivity index (χ3v) is 4.77. The van der Waals surface area contributed by atoms with Gasteiger partial charge in [-0.2, -0.15) is 0 Å². The molecule has 0 saturated carbocycles. The van der Waals surface area contributed by atoms with Gasteiger partial charge in [0.25, 0.3) is 0 Å². The van der Waals surface area contributed by atoms with Crippen molar-refractivity contribution in [2.75, 3.05) is 0 Å². The van der Waals surface area contributed by atoms with E-state index in [4.69, 9.17) is 5.32 Å². The average Bonchev–Trinajstić information content (AvgIpc) is 2.83. The first-order valence-corrected chi connectivity index (χ1v) is 7.85. The number of unbranched alkanes of at least 4 members (excludes halogenated alkanes) is 1. The molecule has 1 nitrogen and oxygen atoms in total. The van der Waals surface area contributed by atoms with Gasteiger partial charge in [0.15, 0.2) is 0 Å². The average molecular weight is 254 g/mol. The molecule has 0 N–H and O–H groups in total. The van der Waals surface area contributed by atoms with E-state index in [1.807, 2.05) is 0 Å². The largest absolute Gasteiger partial charge is 0.252 e. The zero-order valence-electron chi connectivity index (χ0n) is 12.2. The van der Waals surface area contributed by atoms with Crippen molar-refractivity contribution in [3.63, 3.8) is 0 Å². The molecule has 1 aliphatic heterocycles. The summed E-state index contributed by atoms with van der Waals surface area (Å²) in [6, 6.07) is 8.67. The van der Waals surface area contributed by atoms with Crippen molar-refractivity contribution < 1.29 is 0 Å². The summed E-state index contributed by atoms with van der Waals surface area (Å²) < 4.78 is 0. The maximum Gasteiger partial charge on any atom is 0.0708 e. The van der Waals surface area contributed by atoms with E-state index in [1.54, 1.807) is 5.57 Å². The van der Waals surface area contributed by atoms with Crippen LogP contribution >= 0.6 is 0 Å². The van der Waals surface area contributed by atoms with Crippen LogP contribution in [-0.2, 0) is 0 Å². The summed E-state index contributed by atoms with van der Waals surface area (Å²) in [4.78, 5) is 0. The van der Waals surface area contributed by atoms with Crippen molar-refractivity contribution in [1.82, 2.24) is 5.32 Å². The van der Waals surface area contributed by atoms with Crippen LogP contribution in [0.2, 0.25) is 0 Å². The van der Waals surface area contributed by atoms with E-state index in [9.17, 15) is 0 Å². The number of benzene rings is 1. The van der Waals surface area contributed by atoms with Gasteiger partial charge < -0.3 is 0 Å². The molecule has 1 heterocycles. The summed E-state index contributed by atoms with van der Waals surface area (Å²) in [6.45, 7) is 4.71. The van der Waals surface area contributed by atoms with Crippen LogP contribution in [0.1, 0.15) is 57.9 Å². The number of hydrogen-bond acceptors (Lipinski definition) is 0. The van der Waals surface area contributed by atoms with Crippen molar-refractivity contribution >= 4 is 11.3 Å². The van der Waals surface area contributed by atoms with Crippen LogP contribution in [0.25, 0.3) is 5.57 Å². The molecule has 0 saturated heterocycles. The van der Waals surface area contributed by atoms with Crippen molar-refractivity contribution in [2.24, 2.45) is 11.8 Å². The Labute approximate surface area is 117 Å². The monoisotopic (exact) mass is 254 g/mol. The lowest BCUT2D eigenvalue weighted by Crippen LogP contribution is -2.20. The minimum absolute atomic E-state index is 0.697. The van der Waals surface area contributed by atoms with Crippen molar-refractivity contribution in [3.05, 3.63) is 35.5 Å². The molecule has 2 aliphatic rings. The second-order valence-corrected chi connectivity index (χ2v) is 6.11. The molecule has 0 fully saturated rings. The van der Waals surface area contributed by atoms with Crippen LogP contribution in [0.4, 0.5) is 5.69 Å². The molecule has 3 rings (SSSR count). The van der Waals surface area contributed by atoms with E-state index in [-0.39, 0.29) is 0 Å². The second kappa shape index (κ2) is 5.40. The van der Waals surface area contributed by atoms with Gasteiger partial charge in [-0.1, -0.05) is 51.3 Å². The van der Waals surface area contributed by atoms with Crippen LogP contribution in [0.15, 0.2) is 30.0 Å². The predicted octanol–water partition coefficient (Wildman–Crippen LogP) is 5.27.